The molecule has 10 heteroatoms. The van der Waals surface area contributed by atoms with Crippen LogP contribution in [0.3, 0.4) is 0 Å². The highest BCUT2D eigenvalue weighted by atomic mass is 35.5. The molecule has 0 bridgehead atoms. The van der Waals surface area contributed by atoms with E-state index in [4.69, 9.17) is 25.8 Å². The third kappa shape index (κ3) is 4.60. The molecule has 6 rings (SSSR count). The number of fused-ring (bicyclic) bond motifs is 1. The number of likely N-dealkylation sites (tertiary alicyclic amines) is 1. The molecule has 2 atom stereocenters. The molecule has 2 aromatic carbocycles. The number of benzene rings is 2. The second kappa shape index (κ2) is 9.70. The highest BCUT2D eigenvalue weighted by Crippen LogP contribution is 2.49. The zero-order valence-corrected chi connectivity index (χ0v) is 21.3. The van der Waals surface area contributed by atoms with Gasteiger partial charge in [0.2, 0.25) is 0 Å². The molecule has 37 heavy (non-hydrogen) atoms. The number of aldehydes is 1. The van der Waals surface area contributed by atoms with E-state index in [0.29, 0.717) is 41.0 Å². The van der Waals surface area contributed by atoms with Gasteiger partial charge in [-0.25, -0.2) is 4.39 Å². The van der Waals surface area contributed by atoms with Gasteiger partial charge < -0.3 is 18.8 Å². The molecule has 4 heterocycles. The van der Waals surface area contributed by atoms with Gasteiger partial charge in [-0.2, -0.15) is 0 Å². The van der Waals surface area contributed by atoms with Crippen molar-refractivity contribution in [2.24, 2.45) is 0 Å². The summed E-state index contributed by atoms with van der Waals surface area (Å²) in [5, 5.41) is 8.67. The molecular formula is C27H28ClFN4O4. The van der Waals surface area contributed by atoms with Crippen LogP contribution in [0.1, 0.15) is 59.7 Å². The highest BCUT2D eigenvalue weighted by Gasteiger charge is 2.43. The van der Waals surface area contributed by atoms with E-state index in [1.54, 1.807) is 19.1 Å². The molecule has 0 spiro atoms. The Kier molecular flexibility index (Phi) is 6.38. The SMILES string of the molecule is CC1(c2ccc(Cl)cc2F)Oc2cccc(C3CCN(Cc4nnc(C=O)n4C[C@@H]4CCO4)CC3)c2O1. The van der Waals surface area contributed by atoms with E-state index >= 15 is 0 Å². The van der Waals surface area contributed by atoms with Crippen molar-refractivity contribution in [2.45, 2.75) is 57.1 Å². The molecule has 0 radical (unpaired) electrons. The first-order chi connectivity index (χ1) is 17.9. The Balaban J connectivity index is 1.14. The van der Waals surface area contributed by atoms with Crippen LogP contribution in [-0.4, -0.2) is 51.8 Å². The first-order valence-electron chi connectivity index (χ1n) is 12.6. The second-order valence-electron chi connectivity index (χ2n) is 9.98. The van der Waals surface area contributed by atoms with E-state index in [1.807, 2.05) is 16.7 Å². The topological polar surface area (TPSA) is 78.7 Å². The number of hydrogen-bond acceptors (Lipinski definition) is 7. The van der Waals surface area contributed by atoms with Crippen molar-refractivity contribution in [3.8, 4) is 11.5 Å². The van der Waals surface area contributed by atoms with Crippen LogP contribution in [-0.2, 0) is 23.6 Å². The van der Waals surface area contributed by atoms with Gasteiger partial charge in [0, 0.05) is 24.1 Å². The van der Waals surface area contributed by atoms with Crippen LogP contribution in [0.15, 0.2) is 36.4 Å². The summed E-state index contributed by atoms with van der Waals surface area (Å²) in [5.41, 5.74) is 1.38. The largest absolute Gasteiger partial charge is 0.444 e. The van der Waals surface area contributed by atoms with Crippen LogP contribution in [0.4, 0.5) is 4.39 Å². The molecule has 0 N–H and O–H groups in total. The van der Waals surface area contributed by atoms with Gasteiger partial charge in [-0.05, 0) is 62.5 Å². The second-order valence-corrected chi connectivity index (χ2v) is 10.4. The maximum Gasteiger partial charge on any atom is 0.278 e. The van der Waals surface area contributed by atoms with Gasteiger partial charge >= 0.3 is 0 Å². The molecule has 0 amide bonds. The standard InChI is InChI=1S/C27H28ClFN4O4/c1-27(21-6-5-18(28)13-22(21)29)36-23-4-2-3-20(26(23)37-27)17-7-10-32(11-8-17)15-24-30-31-25(16-34)33(24)14-19-9-12-35-19/h2-6,13,16-17,19H,7-12,14-15H2,1H3/t19-,27?/m0/s1. The van der Waals surface area contributed by atoms with E-state index in [0.717, 1.165) is 56.6 Å². The third-order valence-electron chi connectivity index (χ3n) is 7.56. The molecule has 2 fully saturated rings. The van der Waals surface area contributed by atoms with Crippen molar-refractivity contribution in [3.05, 3.63) is 70.0 Å². The number of para-hydroxylation sites is 1. The van der Waals surface area contributed by atoms with Crippen molar-refractivity contribution >= 4 is 17.9 Å². The normalized spacial score (nSPS) is 23.7. The molecule has 8 nitrogen and oxygen atoms in total. The van der Waals surface area contributed by atoms with Crippen LogP contribution in [0.2, 0.25) is 5.02 Å². The van der Waals surface area contributed by atoms with Crippen molar-refractivity contribution < 1.29 is 23.4 Å². The fraction of sp³-hybridized carbons (Fsp3) is 0.444. The van der Waals surface area contributed by atoms with Crippen molar-refractivity contribution in [3.63, 3.8) is 0 Å². The fourth-order valence-electron chi connectivity index (χ4n) is 5.42. The van der Waals surface area contributed by atoms with Gasteiger partial charge in [0.05, 0.1) is 24.8 Å². The minimum atomic E-state index is -1.27. The van der Waals surface area contributed by atoms with Crippen LogP contribution < -0.4 is 9.47 Å². The lowest BCUT2D eigenvalue weighted by Gasteiger charge is -2.33. The average Bonchev–Trinajstić information content (AvgIpc) is 3.41. The van der Waals surface area contributed by atoms with Gasteiger partial charge in [-0.1, -0.05) is 23.7 Å². The summed E-state index contributed by atoms with van der Waals surface area (Å²) in [4.78, 5) is 13.8. The molecule has 0 saturated carbocycles. The van der Waals surface area contributed by atoms with E-state index < -0.39 is 11.6 Å². The fourth-order valence-corrected chi connectivity index (χ4v) is 5.58. The van der Waals surface area contributed by atoms with Crippen molar-refractivity contribution in [2.75, 3.05) is 19.7 Å². The summed E-state index contributed by atoms with van der Waals surface area (Å²) in [6.45, 7) is 5.44. The summed E-state index contributed by atoms with van der Waals surface area (Å²) < 4.78 is 34.6. The highest BCUT2D eigenvalue weighted by molar-refractivity contribution is 6.30. The van der Waals surface area contributed by atoms with E-state index in [1.165, 1.54) is 6.07 Å². The Bertz CT molecular complexity index is 1320. The van der Waals surface area contributed by atoms with Gasteiger partial charge in [0.1, 0.15) is 11.6 Å². The Morgan fingerprint density at radius 2 is 1.97 bits per heavy atom. The molecule has 1 aromatic heterocycles. The Morgan fingerprint density at radius 1 is 1.16 bits per heavy atom. The number of rotatable bonds is 7. The minimum absolute atomic E-state index is 0.119. The summed E-state index contributed by atoms with van der Waals surface area (Å²) in [6.07, 6.45) is 3.70. The third-order valence-corrected chi connectivity index (χ3v) is 7.80. The lowest BCUT2D eigenvalue weighted by molar-refractivity contribution is -0.0712. The van der Waals surface area contributed by atoms with Gasteiger partial charge in [0.25, 0.3) is 5.79 Å². The summed E-state index contributed by atoms with van der Waals surface area (Å²) >= 11 is 5.94. The van der Waals surface area contributed by atoms with Crippen LogP contribution in [0.25, 0.3) is 0 Å². The number of nitrogens with zero attached hydrogens (tertiary/aromatic N) is 4. The lowest BCUT2D eigenvalue weighted by Crippen LogP contribution is -2.36. The minimum Gasteiger partial charge on any atom is -0.444 e. The maximum absolute atomic E-state index is 14.7. The van der Waals surface area contributed by atoms with E-state index in [-0.39, 0.29) is 12.0 Å². The summed E-state index contributed by atoms with van der Waals surface area (Å²) in [7, 11) is 0. The number of piperidine rings is 1. The number of carbonyl (C=O) groups excluding carboxylic acids is 1. The summed E-state index contributed by atoms with van der Waals surface area (Å²) in [6, 6.07) is 10.4. The van der Waals surface area contributed by atoms with E-state index in [2.05, 4.69) is 21.2 Å². The Hall–Kier alpha value is -3.01. The first kappa shape index (κ1) is 24.3. The predicted octanol–water partition coefficient (Wildman–Crippen LogP) is 4.70. The van der Waals surface area contributed by atoms with Gasteiger partial charge in [0.15, 0.2) is 23.6 Å². The van der Waals surface area contributed by atoms with Crippen LogP contribution in [0, 0.1) is 5.82 Å². The Labute approximate surface area is 219 Å². The number of hydrogen-bond donors (Lipinski definition) is 0. The average molecular weight is 527 g/mol. The summed E-state index contributed by atoms with van der Waals surface area (Å²) in [5.74, 6) is 0.967. The zero-order chi connectivity index (χ0) is 25.6. The number of halogens is 2. The maximum atomic E-state index is 14.7. The van der Waals surface area contributed by atoms with Crippen LogP contribution >= 0.6 is 11.6 Å². The number of carbonyl (C=O) groups is 1. The molecule has 3 aromatic rings. The first-order valence-corrected chi connectivity index (χ1v) is 13.0. The van der Waals surface area contributed by atoms with E-state index in [9.17, 15) is 9.18 Å². The smallest absolute Gasteiger partial charge is 0.278 e. The molecule has 2 saturated heterocycles. The monoisotopic (exact) mass is 526 g/mol. The Morgan fingerprint density at radius 3 is 2.68 bits per heavy atom. The molecule has 3 aliphatic heterocycles. The number of aromatic nitrogens is 3. The zero-order valence-electron chi connectivity index (χ0n) is 20.5. The van der Waals surface area contributed by atoms with Crippen molar-refractivity contribution in [1.82, 2.24) is 19.7 Å². The van der Waals surface area contributed by atoms with Gasteiger partial charge in [-0.15, -0.1) is 10.2 Å². The predicted molar refractivity (Wildman–Crippen MR) is 133 cm³/mol. The molecule has 1 unspecified atom stereocenters. The van der Waals surface area contributed by atoms with Crippen LogP contribution in [0.5, 0.6) is 11.5 Å². The number of ether oxygens (including phenoxy) is 3. The molecule has 3 aliphatic rings. The van der Waals surface area contributed by atoms with Gasteiger partial charge in [-0.3, -0.25) is 9.69 Å². The molecular weight excluding hydrogens is 499 g/mol. The molecule has 194 valence electrons. The quantitative estimate of drug-likeness (QED) is 0.413. The van der Waals surface area contributed by atoms with Crippen molar-refractivity contribution in [1.29, 1.82) is 0 Å². The molecule has 0 aliphatic carbocycles. The lowest BCUT2D eigenvalue weighted by atomic mass is 9.88.